The van der Waals surface area contributed by atoms with Crippen molar-refractivity contribution in [2.75, 3.05) is 7.11 Å². The first-order valence-corrected chi connectivity index (χ1v) is 8.59. The van der Waals surface area contributed by atoms with Gasteiger partial charge in [0.2, 0.25) is 0 Å². The molecule has 2 atom stereocenters. The maximum absolute atomic E-state index is 11.8. The SMILES string of the molecule is CCCCC(CC)C(CCCC)([SiH2]OC)C(=O)O. The molecule has 0 aromatic carbocycles. The van der Waals surface area contributed by atoms with Crippen molar-refractivity contribution in [3.63, 3.8) is 0 Å². The fourth-order valence-electron chi connectivity index (χ4n) is 2.81. The van der Waals surface area contributed by atoms with Crippen LogP contribution in [0.15, 0.2) is 0 Å². The van der Waals surface area contributed by atoms with Gasteiger partial charge in [-0.3, -0.25) is 4.79 Å². The van der Waals surface area contributed by atoms with Gasteiger partial charge in [0.1, 0.15) is 0 Å². The summed E-state index contributed by atoms with van der Waals surface area (Å²) in [5, 5.41) is 9.19. The number of aliphatic carboxylic acids is 1. The molecule has 0 rings (SSSR count). The van der Waals surface area contributed by atoms with Crippen LogP contribution in [0, 0.1) is 5.92 Å². The van der Waals surface area contributed by atoms with Crippen LogP contribution < -0.4 is 0 Å². The highest BCUT2D eigenvalue weighted by Gasteiger charge is 2.44. The Balaban J connectivity index is 5.01. The summed E-state index contributed by atoms with van der Waals surface area (Å²) in [6, 6.07) is 0. The third-order valence-corrected chi connectivity index (χ3v) is 6.02. The summed E-state index contributed by atoms with van der Waals surface area (Å²) in [5.74, 6) is -0.333. The van der Waals surface area contributed by atoms with Crippen molar-refractivity contribution in [2.45, 2.75) is 70.8 Å². The van der Waals surface area contributed by atoms with Gasteiger partial charge in [-0.15, -0.1) is 0 Å². The average molecular weight is 274 g/mol. The van der Waals surface area contributed by atoms with Gasteiger partial charge < -0.3 is 9.53 Å². The highest BCUT2D eigenvalue weighted by molar-refractivity contribution is 6.40. The molecule has 0 fully saturated rings. The molecule has 0 aromatic heterocycles. The molecule has 0 saturated heterocycles. The van der Waals surface area contributed by atoms with Gasteiger partial charge in [-0.1, -0.05) is 52.9 Å². The second-order valence-electron chi connectivity index (χ2n) is 5.25. The Bertz CT molecular complexity index is 233. The van der Waals surface area contributed by atoms with Gasteiger partial charge in [-0.25, -0.2) is 0 Å². The molecule has 4 heteroatoms. The van der Waals surface area contributed by atoms with E-state index in [9.17, 15) is 9.90 Å². The largest absolute Gasteiger partial charge is 0.481 e. The number of hydrogen-bond donors (Lipinski definition) is 1. The summed E-state index contributed by atoms with van der Waals surface area (Å²) < 4.78 is 5.39. The average Bonchev–Trinajstić information content (AvgIpc) is 2.36. The zero-order chi connectivity index (χ0) is 14.0. The summed E-state index contributed by atoms with van der Waals surface area (Å²) >= 11 is 0. The Kier molecular flexibility index (Phi) is 9.37. The van der Waals surface area contributed by atoms with E-state index in [1.165, 1.54) is 0 Å². The predicted molar refractivity (Wildman–Crippen MR) is 78.7 cm³/mol. The summed E-state index contributed by atoms with van der Waals surface area (Å²) in [4.78, 5) is 11.8. The molecule has 3 nitrogen and oxygen atoms in total. The zero-order valence-electron chi connectivity index (χ0n) is 12.5. The van der Waals surface area contributed by atoms with Crippen molar-refractivity contribution >= 4 is 15.7 Å². The third-order valence-electron chi connectivity index (χ3n) is 3.98. The Hall–Kier alpha value is -0.353. The summed E-state index contributed by atoms with van der Waals surface area (Å²) in [7, 11) is 0.644. The number of hydrogen-bond acceptors (Lipinski definition) is 2. The lowest BCUT2D eigenvalue weighted by molar-refractivity contribution is -0.143. The van der Waals surface area contributed by atoms with Gasteiger partial charge >= 0.3 is 5.97 Å². The second kappa shape index (κ2) is 9.56. The van der Waals surface area contributed by atoms with Gasteiger partial charge in [0.25, 0.3) is 0 Å². The lowest BCUT2D eigenvalue weighted by atomic mass is 9.81. The van der Waals surface area contributed by atoms with E-state index < -0.39 is 20.8 Å². The van der Waals surface area contributed by atoms with E-state index in [0.29, 0.717) is 0 Å². The fourth-order valence-corrected chi connectivity index (χ4v) is 4.57. The zero-order valence-corrected chi connectivity index (χ0v) is 13.9. The maximum atomic E-state index is 11.8. The van der Waals surface area contributed by atoms with Crippen molar-refractivity contribution in [2.24, 2.45) is 5.92 Å². The number of carboxylic acid groups (broad SMARTS) is 1. The molecule has 0 bridgehead atoms. The van der Waals surface area contributed by atoms with E-state index in [-0.39, 0.29) is 5.92 Å². The molecular formula is C14H30O3Si. The van der Waals surface area contributed by atoms with E-state index in [1.807, 2.05) is 0 Å². The first-order valence-electron chi connectivity index (χ1n) is 7.31. The summed E-state index contributed by atoms with van der Waals surface area (Å²) in [6.07, 6.45) is 7.07. The van der Waals surface area contributed by atoms with Crippen molar-refractivity contribution in [3.8, 4) is 0 Å². The second-order valence-corrected chi connectivity index (χ2v) is 7.37. The normalized spacial score (nSPS) is 16.9. The van der Waals surface area contributed by atoms with Crippen LogP contribution in [0.25, 0.3) is 0 Å². The highest BCUT2D eigenvalue weighted by Crippen LogP contribution is 2.45. The van der Waals surface area contributed by atoms with E-state index in [1.54, 1.807) is 7.11 Å². The molecular weight excluding hydrogens is 244 g/mol. The van der Waals surface area contributed by atoms with Crippen LogP contribution in [0.3, 0.4) is 0 Å². The summed E-state index contributed by atoms with van der Waals surface area (Å²) in [5.41, 5.74) is 0. The minimum absolute atomic E-state index is 0.285. The minimum atomic E-state index is -1.02. The molecule has 0 saturated carbocycles. The number of rotatable bonds is 11. The van der Waals surface area contributed by atoms with Gasteiger partial charge in [0.15, 0.2) is 9.76 Å². The van der Waals surface area contributed by atoms with Crippen LogP contribution in [-0.4, -0.2) is 27.9 Å². The standard InChI is InChI=1S/C14H30O3Si/c1-5-8-10-12(7-3)14(13(15)16,18-17-4)11-9-6-2/h12H,5-11,18H2,1-4H3,(H,15,16). The fraction of sp³-hybridized carbons (Fsp3) is 0.929. The van der Waals surface area contributed by atoms with E-state index >= 15 is 0 Å². The van der Waals surface area contributed by atoms with Crippen LogP contribution in [0.4, 0.5) is 0 Å². The molecule has 108 valence electrons. The smallest absolute Gasteiger partial charge is 0.308 e. The Morgan fingerprint density at radius 2 is 1.89 bits per heavy atom. The Morgan fingerprint density at radius 3 is 2.28 bits per heavy atom. The lowest BCUT2D eigenvalue weighted by Gasteiger charge is -2.36. The third kappa shape index (κ3) is 4.73. The number of carbonyl (C=O) groups is 1. The summed E-state index contributed by atoms with van der Waals surface area (Å²) in [6.45, 7) is 6.40. The lowest BCUT2D eigenvalue weighted by Crippen LogP contribution is -2.38. The molecule has 18 heavy (non-hydrogen) atoms. The molecule has 0 aromatic rings. The van der Waals surface area contributed by atoms with Crippen LogP contribution >= 0.6 is 0 Å². The first kappa shape index (κ1) is 17.6. The van der Waals surface area contributed by atoms with Gasteiger partial charge in [0, 0.05) is 7.11 Å². The van der Waals surface area contributed by atoms with E-state index in [0.717, 1.165) is 44.9 Å². The molecule has 0 aliphatic carbocycles. The van der Waals surface area contributed by atoms with Crippen molar-refractivity contribution in [1.29, 1.82) is 0 Å². The molecule has 1 N–H and O–H groups in total. The monoisotopic (exact) mass is 274 g/mol. The van der Waals surface area contributed by atoms with Crippen molar-refractivity contribution in [3.05, 3.63) is 0 Å². The van der Waals surface area contributed by atoms with Gasteiger partial charge in [-0.05, 0) is 18.8 Å². The molecule has 0 aliphatic heterocycles. The van der Waals surface area contributed by atoms with Crippen LogP contribution in [0.1, 0.15) is 65.7 Å². The predicted octanol–water partition coefficient (Wildman–Crippen LogP) is 3.37. The van der Waals surface area contributed by atoms with Crippen molar-refractivity contribution < 1.29 is 14.3 Å². The van der Waals surface area contributed by atoms with Crippen molar-refractivity contribution in [1.82, 2.24) is 0 Å². The van der Waals surface area contributed by atoms with Crippen LogP contribution in [-0.2, 0) is 9.22 Å². The molecule has 2 unspecified atom stereocenters. The minimum Gasteiger partial charge on any atom is -0.481 e. The molecule has 0 heterocycles. The molecule has 0 radical (unpaired) electrons. The van der Waals surface area contributed by atoms with Gasteiger partial charge in [0.05, 0.1) is 5.04 Å². The van der Waals surface area contributed by atoms with Crippen LogP contribution in [0.5, 0.6) is 0 Å². The maximum Gasteiger partial charge on any atom is 0.308 e. The highest BCUT2D eigenvalue weighted by atomic mass is 28.2. The van der Waals surface area contributed by atoms with E-state index in [4.69, 9.17) is 4.43 Å². The van der Waals surface area contributed by atoms with Crippen LogP contribution in [0.2, 0.25) is 5.04 Å². The quantitative estimate of drug-likeness (QED) is 0.588. The topological polar surface area (TPSA) is 46.5 Å². The van der Waals surface area contributed by atoms with E-state index in [2.05, 4.69) is 20.8 Å². The van der Waals surface area contributed by atoms with Gasteiger partial charge in [-0.2, -0.15) is 0 Å². The molecule has 0 amide bonds. The molecule has 0 aliphatic rings. The number of unbranched alkanes of at least 4 members (excludes halogenated alkanes) is 2. The Labute approximate surface area is 114 Å². The first-order chi connectivity index (χ1) is 8.58. The Morgan fingerprint density at radius 1 is 1.28 bits per heavy atom. The number of carboxylic acids is 1. The molecule has 0 spiro atoms.